The molecule has 0 bridgehead atoms. The summed E-state index contributed by atoms with van der Waals surface area (Å²) in [4.78, 5) is 3.85. The van der Waals surface area contributed by atoms with Crippen molar-refractivity contribution in [2.75, 3.05) is 6.54 Å². The summed E-state index contributed by atoms with van der Waals surface area (Å²) in [6.07, 6.45) is 2.35. The monoisotopic (exact) mass is 296 g/mol. The Morgan fingerprint density at radius 1 is 1.10 bits per heavy atom. The number of aliphatic hydroxyl groups excluding tert-OH is 1. The first-order valence-electron chi connectivity index (χ1n) is 6.45. The summed E-state index contributed by atoms with van der Waals surface area (Å²) in [6.45, 7) is 1.86. The van der Waals surface area contributed by atoms with Gasteiger partial charge in [0.15, 0.2) is 17.5 Å². The maximum Gasteiger partial charge on any atom is 0.194 e. The first-order valence-corrected chi connectivity index (χ1v) is 6.45. The van der Waals surface area contributed by atoms with Gasteiger partial charge in [-0.15, -0.1) is 0 Å². The van der Waals surface area contributed by atoms with Gasteiger partial charge < -0.3 is 10.4 Å². The first kappa shape index (κ1) is 15.5. The summed E-state index contributed by atoms with van der Waals surface area (Å²) >= 11 is 0. The van der Waals surface area contributed by atoms with Crippen molar-refractivity contribution in [3.05, 3.63) is 65.2 Å². The van der Waals surface area contributed by atoms with Gasteiger partial charge in [0.1, 0.15) is 0 Å². The Hall–Kier alpha value is -1.92. The second-order valence-corrected chi connectivity index (χ2v) is 4.72. The lowest BCUT2D eigenvalue weighted by atomic mass is 10.1. The molecule has 0 aliphatic rings. The number of rotatable bonds is 5. The van der Waals surface area contributed by atoms with Gasteiger partial charge in [0.25, 0.3) is 0 Å². The molecule has 0 saturated carbocycles. The zero-order valence-corrected chi connectivity index (χ0v) is 11.4. The molecule has 0 fully saturated rings. The van der Waals surface area contributed by atoms with Crippen molar-refractivity contribution in [1.29, 1.82) is 0 Å². The summed E-state index contributed by atoms with van der Waals surface area (Å²) in [5, 5.41) is 12.9. The third-order valence-corrected chi connectivity index (χ3v) is 3.21. The average Bonchev–Trinajstić information content (AvgIpc) is 2.50. The Morgan fingerprint density at radius 2 is 1.67 bits per heavy atom. The predicted molar refractivity (Wildman–Crippen MR) is 71.9 cm³/mol. The number of hydrogen-bond donors (Lipinski definition) is 2. The number of aromatic nitrogens is 1. The third kappa shape index (κ3) is 3.80. The lowest BCUT2D eigenvalue weighted by Gasteiger charge is -2.18. The molecule has 112 valence electrons. The van der Waals surface area contributed by atoms with Gasteiger partial charge in [-0.25, -0.2) is 13.2 Å². The smallest absolute Gasteiger partial charge is 0.194 e. The zero-order valence-electron chi connectivity index (χ0n) is 11.4. The summed E-state index contributed by atoms with van der Waals surface area (Å²) in [6, 6.07) is 4.79. The van der Waals surface area contributed by atoms with Crippen molar-refractivity contribution in [3.63, 3.8) is 0 Å². The van der Waals surface area contributed by atoms with E-state index in [4.69, 9.17) is 0 Å². The van der Waals surface area contributed by atoms with E-state index in [1.165, 1.54) is 0 Å². The van der Waals surface area contributed by atoms with E-state index in [9.17, 15) is 18.3 Å². The van der Waals surface area contributed by atoms with Crippen molar-refractivity contribution >= 4 is 0 Å². The Morgan fingerprint density at radius 3 is 2.24 bits per heavy atom. The van der Waals surface area contributed by atoms with Crippen LogP contribution in [0.15, 0.2) is 36.7 Å². The number of hydrogen-bond acceptors (Lipinski definition) is 3. The van der Waals surface area contributed by atoms with Crippen LogP contribution < -0.4 is 5.32 Å². The highest BCUT2D eigenvalue weighted by Crippen LogP contribution is 2.20. The number of pyridine rings is 1. The van der Waals surface area contributed by atoms with Crippen LogP contribution >= 0.6 is 0 Å². The van der Waals surface area contributed by atoms with Crippen molar-refractivity contribution in [1.82, 2.24) is 10.3 Å². The van der Waals surface area contributed by atoms with Gasteiger partial charge in [-0.05, 0) is 42.3 Å². The summed E-state index contributed by atoms with van der Waals surface area (Å²) in [5.74, 6) is -3.94. The zero-order chi connectivity index (χ0) is 15.4. The molecule has 21 heavy (non-hydrogen) atoms. The first-order chi connectivity index (χ1) is 9.99. The molecule has 2 unspecified atom stereocenters. The van der Waals surface area contributed by atoms with E-state index >= 15 is 0 Å². The van der Waals surface area contributed by atoms with Crippen LogP contribution in [0.2, 0.25) is 0 Å². The third-order valence-electron chi connectivity index (χ3n) is 3.21. The van der Waals surface area contributed by atoms with E-state index < -0.39 is 29.6 Å². The molecule has 0 aliphatic heterocycles. The highest BCUT2D eigenvalue weighted by molar-refractivity contribution is 5.22. The molecule has 2 aromatic rings. The molecule has 1 heterocycles. The van der Waals surface area contributed by atoms with Crippen LogP contribution in [0.5, 0.6) is 0 Å². The molecule has 0 spiro atoms. The maximum atomic E-state index is 13.2. The summed E-state index contributed by atoms with van der Waals surface area (Å²) in [7, 11) is 0. The molecule has 2 N–H and O–H groups in total. The van der Waals surface area contributed by atoms with Gasteiger partial charge >= 0.3 is 0 Å². The van der Waals surface area contributed by atoms with E-state index in [0.717, 1.165) is 12.1 Å². The second-order valence-electron chi connectivity index (χ2n) is 4.72. The Labute approximate surface area is 120 Å². The number of benzene rings is 1. The molecule has 2 atom stereocenters. The Kier molecular flexibility index (Phi) is 4.93. The van der Waals surface area contributed by atoms with Gasteiger partial charge in [-0.2, -0.15) is 0 Å². The topological polar surface area (TPSA) is 45.1 Å². The standard InChI is InChI=1S/C15H15F3N2O/c1-9(11-6-12(16)15(18)13(17)7-11)20-8-14(21)10-2-4-19-5-3-10/h2-7,9,14,20-21H,8H2,1H3. The average molecular weight is 296 g/mol. The summed E-state index contributed by atoms with van der Waals surface area (Å²) in [5.41, 5.74) is 0.953. The Bertz CT molecular complexity index is 584. The van der Waals surface area contributed by atoms with Gasteiger partial charge in [0.2, 0.25) is 0 Å². The molecule has 0 radical (unpaired) electrons. The SMILES string of the molecule is CC(NCC(O)c1ccncc1)c1cc(F)c(F)c(F)c1. The lowest BCUT2D eigenvalue weighted by molar-refractivity contribution is 0.170. The fourth-order valence-corrected chi connectivity index (χ4v) is 1.93. The van der Waals surface area contributed by atoms with Gasteiger partial charge in [-0.3, -0.25) is 4.98 Å². The number of nitrogens with one attached hydrogen (secondary N) is 1. The largest absolute Gasteiger partial charge is 0.387 e. The molecular weight excluding hydrogens is 281 g/mol. The van der Waals surface area contributed by atoms with E-state index in [1.807, 2.05) is 0 Å². The Balaban J connectivity index is 2.00. The number of nitrogens with zero attached hydrogens (tertiary/aromatic N) is 1. The molecular formula is C15H15F3N2O. The molecule has 0 saturated heterocycles. The van der Waals surface area contributed by atoms with Crippen LogP contribution in [0.3, 0.4) is 0 Å². The quantitative estimate of drug-likeness (QED) is 0.834. The minimum atomic E-state index is -1.48. The molecule has 2 rings (SSSR count). The second kappa shape index (κ2) is 6.69. The maximum absolute atomic E-state index is 13.2. The van der Waals surface area contributed by atoms with Crippen molar-refractivity contribution in [3.8, 4) is 0 Å². The normalized spacial score (nSPS) is 14.0. The van der Waals surface area contributed by atoms with Crippen LogP contribution in [0.4, 0.5) is 13.2 Å². The fraction of sp³-hybridized carbons (Fsp3) is 0.267. The van der Waals surface area contributed by atoms with Crippen molar-refractivity contribution in [2.45, 2.75) is 19.1 Å². The van der Waals surface area contributed by atoms with Crippen molar-refractivity contribution in [2.24, 2.45) is 0 Å². The molecule has 0 aliphatic carbocycles. The van der Waals surface area contributed by atoms with Crippen LogP contribution in [0.25, 0.3) is 0 Å². The van der Waals surface area contributed by atoms with Crippen LogP contribution in [-0.4, -0.2) is 16.6 Å². The van der Waals surface area contributed by atoms with Crippen LogP contribution in [0, 0.1) is 17.5 Å². The molecule has 3 nitrogen and oxygen atoms in total. The molecule has 6 heteroatoms. The van der Waals surface area contributed by atoms with Gasteiger partial charge in [-0.1, -0.05) is 0 Å². The highest BCUT2D eigenvalue weighted by atomic mass is 19.2. The van der Waals surface area contributed by atoms with Crippen LogP contribution in [-0.2, 0) is 0 Å². The van der Waals surface area contributed by atoms with E-state index in [0.29, 0.717) is 5.56 Å². The van der Waals surface area contributed by atoms with E-state index in [2.05, 4.69) is 10.3 Å². The summed E-state index contributed by atoms with van der Waals surface area (Å²) < 4.78 is 39.2. The van der Waals surface area contributed by atoms with Crippen molar-refractivity contribution < 1.29 is 18.3 Å². The highest BCUT2D eigenvalue weighted by Gasteiger charge is 2.15. The van der Waals surface area contributed by atoms with E-state index in [-0.39, 0.29) is 12.1 Å². The van der Waals surface area contributed by atoms with Gasteiger partial charge in [0, 0.05) is 25.0 Å². The fourth-order valence-electron chi connectivity index (χ4n) is 1.93. The minimum absolute atomic E-state index is 0.186. The predicted octanol–water partition coefficient (Wildman–Crippen LogP) is 2.88. The lowest BCUT2D eigenvalue weighted by Crippen LogP contribution is -2.25. The van der Waals surface area contributed by atoms with E-state index in [1.54, 1.807) is 31.5 Å². The van der Waals surface area contributed by atoms with Crippen LogP contribution in [0.1, 0.15) is 30.2 Å². The minimum Gasteiger partial charge on any atom is -0.387 e. The molecule has 1 aromatic carbocycles. The molecule has 1 aromatic heterocycles. The number of aliphatic hydroxyl groups is 1. The van der Waals surface area contributed by atoms with Gasteiger partial charge in [0.05, 0.1) is 6.10 Å². The molecule has 0 amide bonds. The number of halogens is 3.